The van der Waals surface area contributed by atoms with E-state index in [1.165, 1.54) is 0 Å². The quantitative estimate of drug-likeness (QED) is 0.631. The van der Waals surface area contributed by atoms with E-state index in [0.29, 0.717) is 4.83 Å². The fraction of sp³-hybridized carbons (Fsp3) is 1.00. The van der Waals surface area contributed by atoms with Crippen LogP contribution in [0.4, 0.5) is 0 Å². The van der Waals surface area contributed by atoms with Crippen LogP contribution in [-0.2, 0) is 0 Å². The van der Waals surface area contributed by atoms with Crippen molar-refractivity contribution < 1.29 is 5.11 Å². The van der Waals surface area contributed by atoms with E-state index in [1.807, 2.05) is 13.8 Å². The molecule has 0 amide bonds. The van der Waals surface area contributed by atoms with Gasteiger partial charge in [-0.05, 0) is 20.3 Å². The molecule has 0 heterocycles. The summed E-state index contributed by atoms with van der Waals surface area (Å²) in [4.78, 5) is 0.519. The van der Waals surface area contributed by atoms with Gasteiger partial charge in [0, 0.05) is 10.2 Å². The molecular weight excluding hydrogens is 180 g/mol. The van der Waals surface area contributed by atoms with Gasteiger partial charge in [0.15, 0.2) is 0 Å². The Morgan fingerprint density at radius 1 is 1.67 bits per heavy atom. The van der Waals surface area contributed by atoms with Crippen molar-refractivity contribution in [3.63, 3.8) is 0 Å². The van der Waals surface area contributed by atoms with E-state index < -0.39 is 5.60 Å². The molecule has 1 aliphatic carbocycles. The maximum atomic E-state index is 9.56. The third kappa shape index (κ3) is 1.03. The molecule has 9 heavy (non-hydrogen) atoms. The van der Waals surface area contributed by atoms with E-state index in [-0.39, 0.29) is 5.41 Å². The van der Waals surface area contributed by atoms with Crippen LogP contribution in [0.15, 0.2) is 0 Å². The maximum absolute atomic E-state index is 9.56. The van der Waals surface area contributed by atoms with Crippen LogP contribution in [0.25, 0.3) is 0 Å². The summed E-state index contributed by atoms with van der Waals surface area (Å²) in [5.74, 6) is 0. The van der Waals surface area contributed by atoms with Crippen molar-refractivity contribution in [2.75, 3.05) is 0 Å². The highest BCUT2D eigenvalue weighted by atomic mass is 79.9. The molecule has 0 bridgehead atoms. The predicted molar refractivity (Wildman–Crippen MR) is 41.7 cm³/mol. The largest absolute Gasteiger partial charge is 0.390 e. The van der Waals surface area contributed by atoms with Crippen LogP contribution in [-0.4, -0.2) is 15.5 Å². The second-order valence-corrected chi connectivity index (χ2v) is 4.75. The van der Waals surface area contributed by atoms with Crippen LogP contribution >= 0.6 is 15.9 Å². The van der Waals surface area contributed by atoms with E-state index >= 15 is 0 Å². The average Bonchev–Trinajstić information content (AvgIpc) is 2.13. The van der Waals surface area contributed by atoms with Crippen LogP contribution in [0, 0.1) is 5.41 Å². The van der Waals surface area contributed by atoms with Gasteiger partial charge in [-0.25, -0.2) is 0 Å². The van der Waals surface area contributed by atoms with Crippen molar-refractivity contribution in [1.29, 1.82) is 0 Å². The SMILES string of the molecule is CC(C)(O)[C@@]1(C)C[C@@H]1Br. The molecule has 1 nitrogen and oxygen atoms in total. The lowest BCUT2D eigenvalue weighted by molar-refractivity contribution is 0.0124. The first-order chi connectivity index (χ1) is 3.88. The van der Waals surface area contributed by atoms with Gasteiger partial charge in [-0.2, -0.15) is 0 Å². The van der Waals surface area contributed by atoms with Crippen LogP contribution < -0.4 is 0 Å². The van der Waals surface area contributed by atoms with Gasteiger partial charge in [-0.3, -0.25) is 0 Å². The fourth-order valence-electron chi connectivity index (χ4n) is 0.946. The Kier molecular flexibility index (Phi) is 1.45. The van der Waals surface area contributed by atoms with Gasteiger partial charge in [-0.15, -0.1) is 0 Å². The van der Waals surface area contributed by atoms with Crippen molar-refractivity contribution in [3.05, 3.63) is 0 Å². The summed E-state index contributed by atoms with van der Waals surface area (Å²) in [7, 11) is 0. The summed E-state index contributed by atoms with van der Waals surface area (Å²) in [6, 6.07) is 0. The molecule has 1 fully saturated rings. The number of halogens is 1. The zero-order valence-corrected chi connectivity index (χ0v) is 7.70. The maximum Gasteiger partial charge on any atom is 0.0656 e. The highest BCUT2D eigenvalue weighted by molar-refractivity contribution is 9.09. The number of hydrogen-bond donors (Lipinski definition) is 1. The van der Waals surface area contributed by atoms with Gasteiger partial charge in [-0.1, -0.05) is 22.9 Å². The van der Waals surface area contributed by atoms with Crippen LogP contribution in [0.2, 0.25) is 0 Å². The second kappa shape index (κ2) is 1.73. The Morgan fingerprint density at radius 3 is 2.00 bits per heavy atom. The van der Waals surface area contributed by atoms with Gasteiger partial charge in [0.1, 0.15) is 0 Å². The van der Waals surface area contributed by atoms with Gasteiger partial charge in [0.05, 0.1) is 5.60 Å². The molecule has 1 N–H and O–H groups in total. The summed E-state index contributed by atoms with van der Waals surface area (Å²) in [6.07, 6.45) is 1.09. The third-order valence-electron chi connectivity index (χ3n) is 2.53. The summed E-state index contributed by atoms with van der Waals surface area (Å²) in [6.45, 7) is 5.84. The molecule has 0 spiro atoms. The monoisotopic (exact) mass is 192 g/mol. The standard InChI is InChI=1S/C7H13BrO/c1-6(2,9)7(3)4-5(7)8/h5,9H,4H2,1-3H3/t5-,7-/m0/s1. The van der Waals surface area contributed by atoms with E-state index in [2.05, 4.69) is 22.9 Å². The molecule has 0 aromatic carbocycles. The Morgan fingerprint density at radius 2 is 2.00 bits per heavy atom. The van der Waals surface area contributed by atoms with Crippen molar-refractivity contribution in [3.8, 4) is 0 Å². The van der Waals surface area contributed by atoms with Crippen LogP contribution in [0.5, 0.6) is 0 Å². The minimum Gasteiger partial charge on any atom is -0.390 e. The Labute approximate surface area is 64.6 Å². The lowest BCUT2D eigenvalue weighted by atomic mass is 9.90. The Hall–Kier alpha value is 0.440. The molecule has 54 valence electrons. The molecule has 2 atom stereocenters. The number of aliphatic hydroxyl groups is 1. The highest BCUT2D eigenvalue weighted by Gasteiger charge is 2.57. The molecule has 2 heteroatoms. The van der Waals surface area contributed by atoms with Crippen molar-refractivity contribution in [2.24, 2.45) is 5.41 Å². The van der Waals surface area contributed by atoms with E-state index in [1.54, 1.807) is 0 Å². The Bertz CT molecular complexity index is 127. The summed E-state index contributed by atoms with van der Waals surface area (Å²) < 4.78 is 0. The first-order valence-corrected chi connectivity index (χ1v) is 4.16. The van der Waals surface area contributed by atoms with Crippen LogP contribution in [0.1, 0.15) is 27.2 Å². The molecule has 0 aromatic heterocycles. The first kappa shape index (κ1) is 7.55. The molecule has 0 radical (unpaired) electrons. The van der Waals surface area contributed by atoms with Gasteiger partial charge >= 0.3 is 0 Å². The average molecular weight is 193 g/mol. The van der Waals surface area contributed by atoms with Crippen LogP contribution in [0.3, 0.4) is 0 Å². The topological polar surface area (TPSA) is 20.2 Å². The van der Waals surface area contributed by atoms with E-state index in [0.717, 1.165) is 6.42 Å². The van der Waals surface area contributed by atoms with Gasteiger partial charge < -0.3 is 5.11 Å². The molecule has 1 rings (SSSR count). The van der Waals surface area contributed by atoms with E-state index in [4.69, 9.17) is 0 Å². The lowest BCUT2D eigenvalue weighted by Crippen LogP contribution is -2.31. The van der Waals surface area contributed by atoms with Crippen molar-refractivity contribution in [1.82, 2.24) is 0 Å². The molecule has 0 aliphatic heterocycles. The predicted octanol–water partition coefficient (Wildman–Crippen LogP) is 1.93. The number of rotatable bonds is 1. The lowest BCUT2D eigenvalue weighted by Gasteiger charge is -2.25. The van der Waals surface area contributed by atoms with Crippen molar-refractivity contribution >= 4 is 15.9 Å². The molecular formula is C7H13BrO. The smallest absolute Gasteiger partial charge is 0.0656 e. The number of hydrogen-bond acceptors (Lipinski definition) is 1. The third-order valence-corrected chi connectivity index (χ3v) is 3.87. The molecule has 0 aromatic rings. The molecule has 0 unspecified atom stereocenters. The van der Waals surface area contributed by atoms with Gasteiger partial charge in [0.2, 0.25) is 0 Å². The zero-order valence-electron chi connectivity index (χ0n) is 6.11. The second-order valence-electron chi connectivity index (χ2n) is 3.65. The summed E-state index contributed by atoms with van der Waals surface area (Å²) >= 11 is 3.48. The minimum absolute atomic E-state index is 0.118. The molecule has 1 saturated carbocycles. The van der Waals surface area contributed by atoms with Crippen molar-refractivity contribution in [2.45, 2.75) is 37.6 Å². The van der Waals surface area contributed by atoms with Gasteiger partial charge in [0.25, 0.3) is 0 Å². The molecule has 1 aliphatic rings. The highest BCUT2D eigenvalue weighted by Crippen LogP contribution is 2.57. The molecule has 0 saturated heterocycles. The minimum atomic E-state index is -0.527. The zero-order chi connectivity index (χ0) is 7.28. The number of alkyl halides is 1. The normalized spacial score (nSPS) is 43.0. The first-order valence-electron chi connectivity index (χ1n) is 3.24. The summed E-state index contributed by atoms with van der Waals surface area (Å²) in [5.41, 5.74) is -0.409. The summed E-state index contributed by atoms with van der Waals surface area (Å²) in [5, 5.41) is 9.56. The van der Waals surface area contributed by atoms with E-state index in [9.17, 15) is 5.11 Å². The fourth-order valence-corrected chi connectivity index (χ4v) is 2.18. The Balaban J connectivity index is 2.64.